The van der Waals surface area contributed by atoms with Crippen LogP contribution in [0, 0.1) is 0 Å². The van der Waals surface area contributed by atoms with E-state index in [-0.39, 0.29) is 24.6 Å². The second-order valence-corrected chi connectivity index (χ2v) is 7.21. The molecule has 2 unspecified atom stereocenters. The number of nitrogens with zero attached hydrogens (tertiary/aromatic N) is 2. The monoisotopic (exact) mass is 410 g/mol. The Morgan fingerprint density at radius 1 is 1.44 bits per heavy atom. The van der Waals surface area contributed by atoms with Crippen LogP contribution < -0.4 is 10.6 Å². The maximum atomic E-state index is 11.8. The molecule has 7 heteroatoms. The number of likely N-dealkylation sites (N-methyl/N-ethyl adjacent to an activating group) is 1. The topological polar surface area (TPSA) is 66.0 Å². The van der Waals surface area contributed by atoms with E-state index < -0.39 is 0 Å². The Balaban J connectivity index is 2.02. The molecule has 1 aromatic carbocycles. The summed E-state index contributed by atoms with van der Waals surface area (Å²) in [5, 5.41) is 6.68. The van der Waals surface area contributed by atoms with Crippen LogP contribution in [0.25, 0.3) is 0 Å². The van der Waals surface area contributed by atoms with Gasteiger partial charge in [-0.05, 0) is 31.4 Å². The molecule has 2 N–H and O–H groups in total. The van der Waals surface area contributed by atoms with E-state index in [2.05, 4.69) is 44.5 Å². The molecule has 2 atom stereocenters. The van der Waals surface area contributed by atoms with Crippen LogP contribution in [0.2, 0.25) is 0 Å². The van der Waals surface area contributed by atoms with E-state index in [9.17, 15) is 4.79 Å². The van der Waals surface area contributed by atoms with Gasteiger partial charge in [-0.15, -0.1) is 0 Å². The normalized spacial score (nSPS) is 18.7. The van der Waals surface area contributed by atoms with Crippen molar-refractivity contribution in [3.63, 3.8) is 0 Å². The van der Waals surface area contributed by atoms with Crippen molar-refractivity contribution in [2.45, 2.75) is 31.9 Å². The highest BCUT2D eigenvalue weighted by atomic mass is 79.9. The number of hydrogen-bond donors (Lipinski definition) is 2. The highest BCUT2D eigenvalue weighted by molar-refractivity contribution is 9.10. The first-order valence-electron chi connectivity index (χ1n) is 8.58. The number of carbonyl (C=O) groups is 1. The predicted octanol–water partition coefficient (Wildman–Crippen LogP) is 2.31. The second-order valence-electron chi connectivity index (χ2n) is 6.36. The SMILES string of the molecule is CC(NC(=NCC(=O)N(C)C)NCC1CCCO1)c1ccccc1Br. The predicted molar refractivity (Wildman–Crippen MR) is 104 cm³/mol. The number of hydrogen-bond acceptors (Lipinski definition) is 3. The summed E-state index contributed by atoms with van der Waals surface area (Å²) in [6.07, 6.45) is 2.35. The number of nitrogens with one attached hydrogen (secondary N) is 2. The van der Waals surface area contributed by atoms with Gasteiger partial charge in [0.05, 0.1) is 12.1 Å². The fourth-order valence-corrected chi connectivity index (χ4v) is 3.19. The third-order valence-corrected chi connectivity index (χ3v) is 4.84. The molecule has 1 aliphatic heterocycles. The molecule has 0 spiro atoms. The van der Waals surface area contributed by atoms with Gasteiger partial charge in [-0.1, -0.05) is 34.1 Å². The number of ether oxygens (including phenoxy) is 1. The fourth-order valence-electron chi connectivity index (χ4n) is 2.57. The largest absolute Gasteiger partial charge is 0.376 e. The molecule has 1 heterocycles. The molecule has 1 aromatic rings. The van der Waals surface area contributed by atoms with Gasteiger partial charge < -0.3 is 20.3 Å². The van der Waals surface area contributed by atoms with Crippen LogP contribution in [0.15, 0.2) is 33.7 Å². The molecule has 0 saturated carbocycles. The molecule has 0 radical (unpaired) electrons. The first-order chi connectivity index (χ1) is 12.0. The Labute approximate surface area is 158 Å². The molecule has 25 heavy (non-hydrogen) atoms. The lowest BCUT2D eigenvalue weighted by molar-refractivity contribution is -0.127. The van der Waals surface area contributed by atoms with Crippen molar-refractivity contribution in [1.29, 1.82) is 0 Å². The lowest BCUT2D eigenvalue weighted by Crippen LogP contribution is -2.43. The Morgan fingerprint density at radius 3 is 2.84 bits per heavy atom. The van der Waals surface area contributed by atoms with Gasteiger partial charge in [0.25, 0.3) is 0 Å². The van der Waals surface area contributed by atoms with Gasteiger partial charge in [0, 0.05) is 31.7 Å². The number of halogens is 1. The zero-order valence-corrected chi connectivity index (χ0v) is 16.7. The van der Waals surface area contributed by atoms with Gasteiger partial charge in [-0.2, -0.15) is 0 Å². The lowest BCUT2D eigenvalue weighted by atomic mass is 10.1. The van der Waals surface area contributed by atoms with E-state index in [1.165, 1.54) is 0 Å². The molecule has 6 nitrogen and oxygen atoms in total. The van der Waals surface area contributed by atoms with E-state index in [4.69, 9.17) is 4.74 Å². The Kier molecular flexibility index (Phi) is 7.71. The summed E-state index contributed by atoms with van der Waals surface area (Å²) in [6, 6.07) is 8.11. The van der Waals surface area contributed by atoms with Crippen LogP contribution in [0.4, 0.5) is 0 Å². The molecule has 1 fully saturated rings. The average molecular weight is 411 g/mol. The summed E-state index contributed by atoms with van der Waals surface area (Å²) < 4.78 is 6.69. The van der Waals surface area contributed by atoms with E-state index in [0.29, 0.717) is 12.5 Å². The van der Waals surface area contributed by atoms with Gasteiger partial charge in [-0.3, -0.25) is 4.79 Å². The average Bonchev–Trinajstić information content (AvgIpc) is 3.10. The van der Waals surface area contributed by atoms with Crippen LogP contribution in [-0.4, -0.2) is 56.7 Å². The first-order valence-corrected chi connectivity index (χ1v) is 9.37. The molecule has 1 amide bonds. The summed E-state index contributed by atoms with van der Waals surface area (Å²) in [6.45, 7) is 3.68. The molecule has 1 saturated heterocycles. The maximum Gasteiger partial charge on any atom is 0.243 e. The van der Waals surface area contributed by atoms with Gasteiger partial charge in [0.1, 0.15) is 6.54 Å². The summed E-state index contributed by atoms with van der Waals surface area (Å²) in [4.78, 5) is 17.8. The number of guanidine groups is 1. The number of carbonyl (C=O) groups excluding carboxylic acids is 1. The zero-order chi connectivity index (χ0) is 18.2. The van der Waals surface area contributed by atoms with E-state index in [1.54, 1.807) is 19.0 Å². The molecule has 138 valence electrons. The number of amides is 1. The first kappa shape index (κ1) is 19.7. The van der Waals surface area contributed by atoms with Crippen molar-refractivity contribution in [3.8, 4) is 0 Å². The Morgan fingerprint density at radius 2 is 2.20 bits per heavy atom. The number of benzene rings is 1. The summed E-state index contributed by atoms with van der Waals surface area (Å²) in [5.41, 5.74) is 1.13. The number of aliphatic imine (C=N–C) groups is 1. The minimum atomic E-state index is -0.0354. The standard InChI is InChI=1S/C18H27BrN4O2/c1-13(15-8-4-5-9-16(15)19)22-18(21-12-17(24)23(2)3)20-11-14-7-6-10-25-14/h4-5,8-9,13-14H,6-7,10-12H2,1-3H3,(H2,20,21,22). The molecule has 0 bridgehead atoms. The van der Waals surface area contributed by atoms with E-state index in [1.807, 2.05) is 18.2 Å². The van der Waals surface area contributed by atoms with E-state index >= 15 is 0 Å². The van der Waals surface area contributed by atoms with Crippen LogP contribution in [0.1, 0.15) is 31.4 Å². The molecule has 0 aromatic heterocycles. The van der Waals surface area contributed by atoms with Crippen LogP contribution in [-0.2, 0) is 9.53 Å². The third-order valence-electron chi connectivity index (χ3n) is 4.12. The van der Waals surface area contributed by atoms with Crippen LogP contribution in [0.3, 0.4) is 0 Å². The van der Waals surface area contributed by atoms with Gasteiger partial charge in [-0.25, -0.2) is 4.99 Å². The maximum absolute atomic E-state index is 11.8. The molecular formula is C18H27BrN4O2. The lowest BCUT2D eigenvalue weighted by Gasteiger charge is -2.21. The highest BCUT2D eigenvalue weighted by Gasteiger charge is 2.17. The quantitative estimate of drug-likeness (QED) is 0.557. The van der Waals surface area contributed by atoms with Crippen molar-refractivity contribution >= 4 is 27.8 Å². The third kappa shape index (κ3) is 6.32. The van der Waals surface area contributed by atoms with Crippen molar-refractivity contribution in [1.82, 2.24) is 15.5 Å². The Hall–Kier alpha value is -1.60. The van der Waals surface area contributed by atoms with Gasteiger partial charge >= 0.3 is 0 Å². The summed E-state index contributed by atoms with van der Waals surface area (Å²) in [5.74, 6) is 0.584. The van der Waals surface area contributed by atoms with Crippen molar-refractivity contribution < 1.29 is 9.53 Å². The number of rotatable bonds is 6. The highest BCUT2D eigenvalue weighted by Crippen LogP contribution is 2.22. The fraction of sp³-hybridized carbons (Fsp3) is 0.556. The van der Waals surface area contributed by atoms with Crippen molar-refractivity contribution in [3.05, 3.63) is 34.3 Å². The smallest absolute Gasteiger partial charge is 0.243 e. The van der Waals surface area contributed by atoms with Crippen LogP contribution in [0.5, 0.6) is 0 Å². The van der Waals surface area contributed by atoms with Gasteiger partial charge in [0.15, 0.2) is 5.96 Å². The zero-order valence-electron chi connectivity index (χ0n) is 15.1. The van der Waals surface area contributed by atoms with Crippen molar-refractivity contribution in [2.24, 2.45) is 4.99 Å². The van der Waals surface area contributed by atoms with Gasteiger partial charge in [0.2, 0.25) is 5.91 Å². The van der Waals surface area contributed by atoms with Crippen molar-refractivity contribution in [2.75, 3.05) is 33.8 Å². The van der Waals surface area contributed by atoms with E-state index in [0.717, 1.165) is 29.5 Å². The molecular weight excluding hydrogens is 384 g/mol. The molecule has 2 rings (SSSR count). The summed E-state index contributed by atoms with van der Waals surface area (Å²) >= 11 is 3.58. The summed E-state index contributed by atoms with van der Waals surface area (Å²) in [7, 11) is 3.46. The minimum absolute atomic E-state index is 0.0354. The molecule has 1 aliphatic rings. The second kappa shape index (κ2) is 9.77. The molecule has 0 aliphatic carbocycles. The minimum Gasteiger partial charge on any atom is -0.376 e. The van der Waals surface area contributed by atoms with Crippen LogP contribution >= 0.6 is 15.9 Å². The Bertz CT molecular complexity index is 600.